The van der Waals surface area contributed by atoms with Crippen molar-refractivity contribution >= 4 is 21.9 Å². The van der Waals surface area contributed by atoms with Crippen LogP contribution in [0.15, 0.2) is 69.9 Å². The largest absolute Gasteiger partial charge is 0.489 e. The zero-order chi connectivity index (χ0) is 19.2. The molecule has 138 valence electrons. The number of carbonyl (C=O) groups is 1. The number of aromatic amines is 1. The molecule has 0 aliphatic carbocycles. The Balaban J connectivity index is 1.72. The van der Waals surface area contributed by atoms with E-state index in [0.29, 0.717) is 25.1 Å². The Bertz CT molecular complexity index is 999. The van der Waals surface area contributed by atoms with Crippen molar-refractivity contribution in [2.24, 2.45) is 0 Å². The van der Waals surface area contributed by atoms with Gasteiger partial charge in [-0.1, -0.05) is 46.3 Å². The molecular formula is C21H18BrNO4. The van der Waals surface area contributed by atoms with Gasteiger partial charge in [0.1, 0.15) is 17.9 Å². The van der Waals surface area contributed by atoms with Crippen LogP contribution >= 0.6 is 15.9 Å². The summed E-state index contributed by atoms with van der Waals surface area (Å²) in [5, 5.41) is 8.94. The zero-order valence-electron chi connectivity index (χ0n) is 14.4. The Labute approximate surface area is 164 Å². The highest BCUT2D eigenvalue weighted by molar-refractivity contribution is 9.10. The summed E-state index contributed by atoms with van der Waals surface area (Å²) in [4.78, 5) is 25.4. The zero-order valence-corrected chi connectivity index (χ0v) is 16.0. The molecule has 0 saturated carbocycles. The van der Waals surface area contributed by atoms with Crippen LogP contribution in [-0.2, 0) is 19.4 Å². The van der Waals surface area contributed by atoms with Crippen LogP contribution in [0, 0.1) is 0 Å². The Morgan fingerprint density at radius 1 is 1.04 bits per heavy atom. The molecule has 2 aromatic carbocycles. The molecule has 6 heteroatoms. The molecule has 27 heavy (non-hydrogen) atoms. The Morgan fingerprint density at radius 3 is 2.52 bits per heavy atom. The molecule has 1 heterocycles. The first-order valence-corrected chi connectivity index (χ1v) is 9.23. The van der Waals surface area contributed by atoms with Gasteiger partial charge in [0.15, 0.2) is 0 Å². The van der Waals surface area contributed by atoms with Crippen molar-refractivity contribution in [1.82, 2.24) is 4.98 Å². The SMILES string of the molecule is O=C(O)c1ccc(CCc2cc(Br)ccc2OCc2ccccc2)[nH]c1=O. The average molecular weight is 428 g/mol. The number of hydrogen-bond donors (Lipinski definition) is 2. The van der Waals surface area contributed by atoms with E-state index < -0.39 is 11.5 Å². The molecule has 0 spiro atoms. The average Bonchev–Trinajstić information content (AvgIpc) is 2.66. The van der Waals surface area contributed by atoms with Gasteiger partial charge in [-0.15, -0.1) is 0 Å². The van der Waals surface area contributed by atoms with Crippen LogP contribution in [0.3, 0.4) is 0 Å². The molecule has 2 N–H and O–H groups in total. The highest BCUT2D eigenvalue weighted by Crippen LogP contribution is 2.25. The quantitative estimate of drug-likeness (QED) is 0.591. The van der Waals surface area contributed by atoms with E-state index in [4.69, 9.17) is 9.84 Å². The van der Waals surface area contributed by atoms with Gasteiger partial charge >= 0.3 is 5.97 Å². The van der Waals surface area contributed by atoms with Gasteiger partial charge in [-0.2, -0.15) is 0 Å². The van der Waals surface area contributed by atoms with Crippen molar-refractivity contribution in [3.63, 3.8) is 0 Å². The minimum atomic E-state index is -1.23. The summed E-state index contributed by atoms with van der Waals surface area (Å²) < 4.78 is 6.91. The number of benzene rings is 2. The van der Waals surface area contributed by atoms with Crippen LogP contribution in [0.25, 0.3) is 0 Å². The van der Waals surface area contributed by atoms with E-state index in [1.807, 2.05) is 48.5 Å². The van der Waals surface area contributed by atoms with Gasteiger partial charge in [-0.05, 0) is 54.3 Å². The number of halogens is 1. The molecule has 0 saturated heterocycles. The maximum Gasteiger partial charge on any atom is 0.341 e. The van der Waals surface area contributed by atoms with Gasteiger partial charge in [0.2, 0.25) is 0 Å². The third-order valence-corrected chi connectivity index (χ3v) is 4.62. The highest BCUT2D eigenvalue weighted by atomic mass is 79.9. The molecule has 0 radical (unpaired) electrons. The van der Waals surface area contributed by atoms with Gasteiger partial charge < -0.3 is 14.8 Å². The maximum absolute atomic E-state index is 11.8. The molecule has 3 rings (SSSR count). The van der Waals surface area contributed by atoms with Gasteiger partial charge in [-0.25, -0.2) is 4.79 Å². The molecule has 3 aromatic rings. The van der Waals surface area contributed by atoms with Gasteiger partial charge in [-0.3, -0.25) is 4.79 Å². The Kier molecular flexibility index (Phi) is 6.08. The number of pyridine rings is 1. The smallest absolute Gasteiger partial charge is 0.341 e. The first kappa shape index (κ1) is 18.9. The van der Waals surface area contributed by atoms with Crippen LogP contribution in [0.4, 0.5) is 0 Å². The van der Waals surface area contributed by atoms with Gasteiger partial charge in [0.05, 0.1) is 0 Å². The van der Waals surface area contributed by atoms with E-state index in [1.165, 1.54) is 6.07 Å². The fourth-order valence-electron chi connectivity index (χ4n) is 2.72. The van der Waals surface area contributed by atoms with Crippen LogP contribution in [0.1, 0.15) is 27.2 Å². The molecule has 0 fully saturated rings. The fourth-order valence-corrected chi connectivity index (χ4v) is 3.13. The lowest BCUT2D eigenvalue weighted by Crippen LogP contribution is -2.18. The molecular weight excluding hydrogens is 410 g/mol. The van der Waals surface area contributed by atoms with Crippen molar-refractivity contribution in [2.45, 2.75) is 19.4 Å². The summed E-state index contributed by atoms with van der Waals surface area (Å²) in [5.41, 5.74) is 1.92. The number of rotatable bonds is 7. The third kappa shape index (κ3) is 5.08. The minimum absolute atomic E-state index is 0.256. The first-order chi connectivity index (χ1) is 13.0. The standard InChI is InChI=1S/C21H18BrNO4/c22-16-7-11-19(27-13-14-4-2-1-3-5-14)15(12-16)6-8-17-9-10-18(21(25)26)20(24)23-17/h1-5,7,9-12H,6,8,13H2,(H,23,24)(H,25,26). The van der Waals surface area contributed by atoms with Crippen molar-refractivity contribution in [3.8, 4) is 5.75 Å². The van der Waals surface area contributed by atoms with Crippen LogP contribution in [0.5, 0.6) is 5.75 Å². The molecule has 0 aliphatic heterocycles. The molecule has 0 amide bonds. The number of aryl methyl sites for hydroxylation is 2. The van der Waals surface area contributed by atoms with E-state index in [2.05, 4.69) is 20.9 Å². The molecule has 0 atom stereocenters. The second kappa shape index (κ2) is 8.68. The predicted octanol–water partition coefficient (Wildman–Crippen LogP) is 4.20. The van der Waals surface area contributed by atoms with Crippen molar-refractivity contribution < 1.29 is 14.6 Å². The number of ether oxygens (including phenoxy) is 1. The number of nitrogens with one attached hydrogen (secondary N) is 1. The number of H-pyrrole nitrogens is 1. The highest BCUT2D eigenvalue weighted by Gasteiger charge is 2.10. The van der Waals surface area contributed by atoms with Gasteiger partial charge in [0, 0.05) is 10.2 Å². The van der Waals surface area contributed by atoms with E-state index in [0.717, 1.165) is 21.3 Å². The normalized spacial score (nSPS) is 10.6. The van der Waals surface area contributed by atoms with Crippen LogP contribution < -0.4 is 10.3 Å². The first-order valence-electron chi connectivity index (χ1n) is 8.43. The lowest BCUT2D eigenvalue weighted by Gasteiger charge is -2.12. The topological polar surface area (TPSA) is 79.4 Å². The second-order valence-electron chi connectivity index (χ2n) is 6.06. The third-order valence-electron chi connectivity index (χ3n) is 4.12. The second-order valence-corrected chi connectivity index (χ2v) is 6.97. The van der Waals surface area contributed by atoms with E-state index >= 15 is 0 Å². The van der Waals surface area contributed by atoms with Crippen LogP contribution in [-0.4, -0.2) is 16.1 Å². The molecule has 5 nitrogen and oxygen atoms in total. The number of aromatic nitrogens is 1. The van der Waals surface area contributed by atoms with E-state index in [1.54, 1.807) is 6.07 Å². The number of aromatic carboxylic acids is 1. The summed E-state index contributed by atoms with van der Waals surface area (Å²) in [7, 11) is 0. The minimum Gasteiger partial charge on any atom is -0.489 e. The van der Waals surface area contributed by atoms with Crippen molar-refractivity contribution in [1.29, 1.82) is 0 Å². The van der Waals surface area contributed by atoms with Gasteiger partial charge in [0.25, 0.3) is 5.56 Å². The van der Waals surface area contributed by atoms with E-state index in [-0.39, 0.29) is 5.56 Å². The number of hydrogen-bond acceptors (Lipinski definition) is 3. The summed E-state index contributed by atoms with van der Waals surface area (Å²) >= 11 is 3.48. The lowest BCUT2D eigenvalue weighted by molar-refractivity contribution is 0.0695. The number of carboxylic acids is 1. The molecule has 0 unspecified atom stereocenters. The summed E-state index contributed by atoms with van der Waals surface area (Å²) in [6.45, 7) is 0.472. The summed E-state index contributed by atoms with van der Waals surface area (Å²) in [5.74, 6) is -0.446. The fraction of sp³-hybridized carbons (Fsp3) is 0.143. The Morgan fingerprint density at radius 2 is 1.81 bits per heavy atom. The monoisotopic (exact) mass is 427 g/mol. The maximum atomic E-state index is 11.8. The summed E-state index contributed by atoms with van der Waals surface area (Å²) in [6, 6.07) is 18.7. The van der Waals surface area contributed by atoms with Crippen molar-refractivity contribution in [3.05, 3.63) is 97.9 Å². The Hall–Kier alpha value is -2.86. The molecule has 0 aliphatic rings. The summed E-state index contributed by atoms with van der Waals surface area (Å²) in [6.07, 6.45) is 1.21. The number of carboxylic acid groups (broad SMARTS) is 1. The van der Waals surface area contributed by atoms with E-state index in [9.17, 15) is 9.59 Å². The van der Waals surface area contributed by atoms with Crippen LogP contribution in [0.2, 0.25) is 0 Å². The van der Waals surface area contributed by atoms with Crippen molar-refractivity contribution in [2.75, 3.05) is 0 Å². The predicted molar refractivity (Wildman–Crippen MR) is 106 cm³/mol. The molecule has 0 bridgehead atoms. The molecule has 1 aromatic heterocycles. The lowest BCUT2D eigenvalue weighted by atomic mass is 10.1.